The maximum atomic E-state index is 13.6. The Morgan fingerprint density at radius 1 is 0.737 bits per heavy atom. The summed E-state index contributed by atoms with van der Waals surface area (Å²) in [6.07, 6.45) is 9.08. The second-order valence-corrected chi connectivity index (χ2v) is 10.4. The van der Waals surface area contributed by atoms with Gasteiger partial charge in [0.2, 0.25) is 0 Å². The zero-order valence-electron chi connectivity index (χ0n) is 24.1. The molecule has 0 spiro atoms. The highest BCUT2D eigenvalue weighted by Gasteiger charge is 2.23. The number of esters is 1. The molecule has 0 aromatic heterocycles. The van der Waals surface area contributed by atoms with Gasteiger partial charge in [-0.05, 0) is 49.3 Å². The molecule has 38 heavy (non-hydrogen) atoms. The minimum Gasteiger partial charge on any atom is -0.493 e. The number of hydrogen-bond donors (Lipinski definition) is 0. The SMILES string of the molecule is CCCCC(CC)COc1cc(C(=O)Oc2ccccc2C)c(OCC(CC)CCCC)c2ccccc12. The minimum atomic E-state index is -0.426. The van der Waals surface area contributed by atoms with Crippen molar-refractivity contribution in [3.8, 4) is 17.2 Å². The van der Waals surface area contributed by atoms with Gasteiger partial charge in [0, 0.05) is 10.8 Å². The van der Waals surface area contributed by atoms with Gasteiger partial charge in [-0.2, -0.15) is 0 Å². The van der Waals surface area contributed by atoms with Crippen LogP contribution in [0.4, 0.5) is 0 Å². The summed E-state index contributed by atoms with van der Waals surface area (Å²) >= 11 is 0. The fourth-order valence-corrected chi connectivity index (χ4v) is 4.77. The van der Waals surface area contributed by atoms with Crippen molar-refractivity contribution >= 4 is 16.7 Å². The van der Waals surface area contributed by atoms with Crippen LogP contribution >= 0.6 is 0 Å². The molecule has 0 saturated carbocycles. The number of hydrogen-bond acceptors (Lipinski definition) is 4. The van der Waals surface area contributed by atoms with E-state index in [2.05, 4.69) is 33.8 Å². The molecule has 0 saturated heterocycles. The van der Waals surface area contributed by atoms with Crippen LogP contribution < -0.4 is 14.2 Å². The van der Waals surface area contributed by atoms with Crippen LogP contribution in [0.3, 0.4) is 0 Å². The van der Waals surface area contributed by atoms with Crippen LogP contribution in [0.25, 0.3) is 10.8 Å². The molecule has 3 rings (SSSR count). The number of unbranched alkanes of at least 4 members (excludes halogenated alkanes) is 2. The molecule has 0 amide bonds. The van der Waals surface area contributed by atoms with E-state index in [0.29, 0.717) is 47.9 Å². The predicted molar refractivity (Wildman–Crippen MR) is 158 cm³/mol. The van der Waals surface area contributed by atoms with Gasteiger partial charge in [0.05, 0.1) is 13.2 Å². The average molecular weight is 519 g/mol. The van der Waals surface area contributed by atoms with Gasteiger partial charge >= 0.3 is 5.97 Å². The fourth-order valence-electron chi connectivity index (χ4n) is 4.77. The van der Waals surface area contributed by atoms with Crippen molar-refractivity contribution in [1.82, 2.24) is 0 Å². The summed E-state index contributed by atoms with van der Waals surface area (Å²) in [6.45, 7) is 12.0. The van der Waals surface area contributed by atoms with Gasteiger partial charge < -0.3 is 14.2 Å². The Hall–Kier alpha value is -3.01. The number of para-hydroxylation sites is 1. The number of carbonyl (C=O) groups excluding carboxylic acids is 1. The topological polar surface area (TPSA) is 44.8 Å². The quantitative estimate of drug-likeness (QED) is 0.140. The monoisotopic (exact) mass is 518 g/mol. The molecule has 2 unspecified atom stereocenters. The Morgan fingerprint density at radius 3 is 1.92 bits per heavy atom. The summed E-state index contributed by atoms with van der Waals surface area (Å²) in [4.78, 5) is 13.6. The molecule has 4 heteroatoms. The molecular formula is C34H46O4. The normalized spacial score (nSPS) is 12.8. The van der Waals surface area contributed by atoms with Crippen molar-refractivity contribution in [3.63, 3.8) is 0 Å². The first-order chi connectivity index (χ1) is 18.5. The molecule has 0 aliphatic heterocycles. The minimum absolute atomic E-state index is 0.411. The summed E-state index contributed by atoms with van der Waals surface area (Å²) < 4.78 is 18.8. The standard InChI is InChI=1S/C34H46O4/c1-6-10-17-26(8-3)23-36-32-22-30(34(35)38-31-21-15-12-16-25(31)5)33(29-20-14-13-19-28(29)32)37-24-27(9-4)18-11-7-2/h12-16,19-22,26-27H,6-11,17-18,23-24H2,1-5H3. The van der Waals surface area contributed by atoms with Crippen molar-refractivity contribution in [2.75, 3.05) is 13.2 Å². The Kier molecular flexibility index (Phi) is 12.0. The first kappa shape index (κ1) is 29.5. The van der Waals surface area contributed by atoms with E-state index in [-0.39, 0.29) is 0 Å². The van der Waals surface area contributed by atoms with Crippen LogP contribution in [-0.4, -0.2) is 19.2 Å². The van der Waals surface area contributed by atoms with Crippen molar-refractivity contribution in [2.45, 2.75) is 86.0 Å². The molecule has 0 radical (unpaired) electrons. The number of carbonyl (C=O) groups is 1. The third kappa shape index (κ3) is 7.99. The predicted octanol–water partition coefficient (Wildman–Crippen LogP) is 9.56. The lowest BCUT2D eigenvalue weighted by Gasteiger charge is -2.21. The molecule has 0 aliphatic carbocycles. The molecular weight excluding hydrogens is 472 g/mol. The molecule has 0 aliphatic rings. The third-order valence-electron chi connectivity index (χ3n) is 7.50. The van der Waals surface area contributed by atoms with Gasteiger partial charge in [-0.15, -0.1) is 0 Å². The highest BCUT2D eigenvalue weighted by atomic mass is 16.5. The number of aryl methyl sites for hydroxylation is 1. The molecule has 3 aromatic carbocycles. The molecule has 2 atom stereocenters. The second kappa shape index (κ2) is 15.4. The van der Waals surface area contributed by atoms with Crippen LogP contribution in [0.1, 0.15) is 95.0 Å². The van der Waals surface area contributed by atoms with E-state index < -0.39 is 5.97 Å². The lowest BCUT2D eigenvalue weighted by atomic mass is 9.99. The largest absolute Gasteiger partial charge is 0.493 e. The first-order valence-corrected chi connectivity index (χ1v) is 14.6. The van der Waals surface area contributed by atoms with E-state index in [1.807, 2.05) is 55.5 Å². The van der Waals surface area contributed by atoms with Gasteiger partial charge in [0.1, 0.15) is 22.8 Å². The second-order valence-electron chi connectivity index (χ2n) is 10.4. The summed E-state index contributed by atoms with van der Waals surface area (Å²) in [7, 11) is 0. The van der Waals surface area contributed by atoms with Gasteiger partial charge in [0.25, 0.3) is 0 Å². The van der Waals surface area contributed by atoms with Gasteiger partial charge in [0.15, 0.2) is 0 Å². The van der Waals surface area contributed by atoms with E-state index >= 15 is 0 Å². The number of benzene rings is 3. The zero-order chi connectivity index (χ0) is 27.3. The average Bonchev–Trinajstić information content (AvgIpc) is 2.94. The van der Waals surface area contributed by atoms with E-state index in [9.17, 15) is 4.79 Å². The third-order valence-corrected chi connectivity index (χ3v) is 7.50. The summed E-state index contributed by atoms with van der Waals surface area (Å²) in [5, 5.41) is 1.84. The maximum Gasteiger partial charge on any atom is 0.347 e. The molecule has 0 N–H and O–H groups in total. The van der Waals surface area contributed by atoms with E-state index in [4.69, 9.17) is 14.2 Å². The first-order valence-electron chi connectivity index (χ1n) is 14.6. The number of rotatable bonds is 16. The van der Waals surface area contributed by atoms with Crippen molar-refractivity contribution < 1.29 is 19.0 Å². The lowest BCUT2D eigenvalue weighted by Crippen LogP contribution is -2.17. The summed E-state index contributed by atoms with van der Waals surface area (Å²) in [5.74, 6) is 2.34. The summed E-state index contributed by atoms with van der Waals surface area (Å²) in [5.41, 5.74) is 1.32. The van der Waals surface area contributed by atoms with Crippen LogP contribution in [0, 0.1) is 18.8 Å². The van der Waals surface area contributed by atoms with E-state index in [1.165, 1.54) is 19.3 Å². The van der Waals surface area contributed by atoms with Crippen molar-refractivity contribution in [2.24, 2.45) is 11.8 Å². The Labute approximate surface area is 229 Å². The fraction of sp³-hybridized carbons (Fsp3) is 0.500. The Balaban J connectivity index is 2.01. The van der Waals surface area contributed by atoms with Gasteiger partial charge in [-0.25, -0.2) is 4.79 Å². The van der Waals surface area contributed by atoms with E-state index in [0.717, 1.165) is 48.4 Å². The number of fused-ring (bicyclic) bond motifs is 1. The van der Waals surface area contributed by atoms with Crippen LogP contribution in [-0.2, 0) is 0 Å². The highest BCUT2D eigenvalue weighted by molar-refractivity contribution is 6.04. The Morgan fingerprint density at radius 2 is 1.32 bits per heavy atom. The molecule has 206 valence electrons. The zero-order valence-corrected chi connectivity index (χ0v) is 24.1. The Bertz CT molecular complexity index is 1150. The van der Waals surface area contributed by atoms with Crippen molar-refractivity contribution in [3.05, 3.63) is 65.7 Å². The molecule has 0 bridgehead atoms. The highest BCUT2D eigenvalue weighted by Crippen LogP contribution is 2.38. The molecule has 4 nitrogen and oxygen atoms in total. The van der Waals surface area contributed by atoms with Crippen LogP contribution in [0.15, 0.2) is 54.6 Å². The molecule has 0 heterocycles. The molecule has 0 fully saturated rings. The smallest absolute Gasteiger partial charge is 0.347 e. The van der Waals surface area contributed by atoms with Gasteiger partial charge in [-0.1, -0.05) is 109 Å². The lowest BCUT2D eigenvalue weighted by molar-refractivity contribution is 0.0727. The molecule has 3 aromatic rings. The van der Waals surface area contributed by atoms with E-state index in [1.54, 1.807) is 0 Å². The van der Waals surface area contributed by atoms with Crippen LogP contribution in [0.5, 0.6) is 17.2 Å². The van der Waals surface area contributed by atoms with Crippen molar-refractivity contribution in [1.29, 1.82) is 0 Å². The van der Waals surface area contributed by atoms with Crippen LogP contribution in [0.2, 0.25) is 0 Å². The maximum absolute atomic E-state index is 13.6. The summed E-state index contributed by atoms with van der Waals surface area (Å²) in [6, 6.07) is 17.5. The number of ether oxygens (including phenoxy) is 3. The van der Waals surface area contributed by atoms with Gasteiger partial charge in [-0.3, -0.25) is 0 Å².